The van der Waals surface area contributed by atoms with Gasteiger partial charge < -0.3 is 9.47 Å². The highest BCUT2D eigenvalue weighted by Gasteiger charge is 2.25. The zero-order valence-electron chi connectivity index (χ0n) is 7.29. The van der Waals surface area contributed by atoms with Crippen molar-refractivity contribution in [2.24, 2.45) is 0 Å². The lowest BCUT2D eigenvalue weighted by Crippen LogP contribution is -2.32. The lowest BCUT2D eigenvalue weighted by atomic mass is 10.1. The number of allylic oxidation sites excluding steroid dienone is 1. The lowest BCUT2D eigenvalue weighted by molar-refractivity contribution is -0.0555. The summed E-state index contributed by atoms with van der Waals surface area (Å²) in [7, 11) is 0. The molecule has 0 aromatic rings. The van der Waals surface area contributed by atoms with E-state index >= 15 is 0 Å². The van der Waals surface area contributed by atoms with Crippen molar-refractivity contribution in [2.75, 3.05) is 0 Å². The van der Waals surface area contributed by atoms with E-state index in [1.54, 1.807) is 0 Å². The van der Waals surface area contributed by atoms with E-state index in [1.807, 2.05) is 13.0 Å². The van der Waals surface area contributed by atoms with Crippen LogP contribution in [0.2, 0.25) is 0 Å². The molecule has 12 heavy (non-hydrogen) atoms. The van der Waals surface area contributed by atoms with Gasteiger partial charge in [-0.1, -0.05) is 6.08 Å². The van der Waals surface area contributed by atoms with Crippen LogP contribution in [0.15, 0.2) is 12.7 Å². The summed E-state index contributed by atoms with van der Waals surface area (Å²) in [5, 5.41) is 0. The quantitative estimate of drug-likeness (QED) is 0.481. The van der Waals surface area contributed by atoms with Crippen molar-refractivity contribution in [1.29, 1.82) is 0 Å². The van der Waals surface area contributed by atoms with Gasteiger partial charge in [-0.2, -0.15) is 0 Å². The van der Waals surface area contributed by atoms with E-state index in [1.165, 1.54) is 0 Å². The molecular formula is C9H14O3. The zero-order chi connectivity index (χ0) is 8.97. The molecule has 3 nitrogen and oxygen atoms in total. The summed E-state index contributed by atoms with van der Waals surface area (Å²) >= 11 is 0. The standard InChI is InChI=1S/C9H14O3/c1-3-4-5-8-6-7(2)11-9(10)12-8/h3,7-8H,1,4-6H2,2H3. The molecule has 0 radical (unpaired) electrons. The predicted octanol–water partition coefficient (Wildman–Crippen LogP) is 2.27. The number of rotatable bonds is 3. The topological polar surface area (TPSA) is 35.5 Å². The highest BCUT2D eigenvalue weighted by Crippen LogP contribution is 2.18. The Morgan fingerprint density at radius 1 is 1.67 bits per heavy atom. The zero-order valence-corrected chi connectivity index (χ0v) is 7.29. The van der Waals surface area contributed by atoms with Crippen LogP contribution < -0.4 is 0 Å². The molecule has 0 spiro atoms. The van der Waals surface area contributed by atoms with Crippen LogP contribution in [0.25, 0.3) is 0 Å². The van der Waals surface area contributed by atoms with E-state index in [-0.39, 0.29) is 12.2 Å². The van der Waals surface area contributed by atoms with Gasteiger partial charge in [0.15, 0.2) is 0 Å². The summed E-state index contributed by atoms with van der Waals surface area (Å²) in [5.41, 5.74) is 0. The molecule has 1 heterocycles. The first kappa shape index (κ1) is 9.10. The second-order valence-electron chi connectivity index (χ2n) is 3.02. The van der Waals surface area contributed by atoms with Crippen LogP contribution in [0.3, 0.4) is 0 Å². The Bertz CT molecular complexity index is 177. The lowest BCUT2D eigenvalue weighted by Gasteiger charge is -2.26. The number of carbonyl (C=O) groups excluding carboxylic acids is 1. The molecule has 1 aliphatic rings. The molecule has 0 N–H and O–H groups in total. The van der Waals surface area contributed by atoms with Crippen LogP contribution in [-0.2, 0) is 9.47 Å². The van der Waals surface area contributed by atoms with E-state index in [9.17, 15) is 4.79 Å². The third-order valence-electron chi connectivity index (χ3n) is 1.85. The minimum Gasteiger partial charge on any atom is -0.431 e. The van der Waals surface area contributed by atoms with Crippen molar-refractivity contribution < 1.29 is 14.3 Å². The molecule has 3 heteroatoms. The van der Waals surface area contributed by atoms with Gasteiger partial charge in [0.2, 0.25) is 0 Å². The van der Waals surface area contributed by atoms with Crippen LogP contribution in [0.4, 0.5) is 4.79 Å². The van der Waals surface area contributed by atoms with Crippen molar-refractivity contribution in [2.45, 2.75) is 38.4 Å². The van der Waals surface area contributed by atoms with Crippen LogP contribution in [-0.4, -0.2) is 18.4 Å². The molecule has 1 saturated heterocycles. The summed E-state index contributed by atoms with van der Waals surface area (Å²) in [4.78, 5) is 10.8. The number of hydrogen-bond donors (Lipinski definition) is 0. The Kier molecular flexibility index (Phi) is 3.14. The van der Waals surface area contributed by atoms with Gasteiger partial charge in [-0.25, -0.2) is 4.79 Å². The minimum absolute atomic E-state index is 0.0129. The maximum Gasteiger partial charge on any atom is 0.508 e. The molecule has 2 unspecified atom stereocenters. The fourth-order valence-electron chi connectivity index (χ4n) is 1.28. The molecule has 0 saturated carbocycles. The summed E-state index contributed by atoms with van der Waals surface area (Å²) in [5.74, 6) is 0. The van der Waals surface area contributed by atoms with Gasteiger partial charge >= 0.3 is 6.16 Å². The smallest absolute Gasteiger partial charge is 0.431 e. The average Bonchev–Trinajstić information content (AvgIpc) is 1.99. The van der Waals surface area contributed by atoms with Crippen molar-refractivity contribution in [3.63, 3.8) is 0 Å². The Morgan fingerprint density at radius 2 is 2.42 bits per heavy atom. The summed E-state index contributed by atoms with van der Waals surface area (Å²) in [6, 6.07) is 0. The summed E-state index contributed by atoms with van der Waals surface area (Å²) in [6.45, 7) is 5.49. The van der Waals surface area contributed by atoms with E-state index in [4.69, 9.17) is 9.47 Å². The molecule has 1 aliphatic heterocycles. The van der Waals surface area contributed by atoms with Crippen molar-refractivity contribution in [3.8, 4) is 0 Å². The molecule has 0 bridgehead atoms. The van der Waals surface area contributed by atoms with E-state index in [0.29, 0.717) is 0 Å². The van der Waals surface area contributed by atoms with Crippen LogP contribution >= 0.6 is 0 Å². The first-order chi connectivity index (χ1) is 5.72. The van der Waals surface area contributed by atoms with Gasteiger partial charge in [-0.3, -0.25) is 0 Å². The van der Waals surface area contributed by atoms with Crippen molar-refractivity contribution >= 4 is 6.16 Å². The normalized spacial score (nSPS) is 28.9. The maximum atomic E-state index is 10.8. The molecular weight excluding hydrogens is 156 g/mol. The molecule has 1 rings (SSSR count). The number of ether oxygens (including phenoxy) is 2. The Labute approximate surface area is 72.4 Å². The molecule has 0 amide bonds. The van der Waals surface area contributed by atoms with E-state index in [2.05, 4.69) is 6.58 Å². The van der Waals surface area contributed by atoms with Gasteiger partial charge in [-0.05, 0) is 19.8 Å². The van der Waals surface area contributed by atoms with Gasteiger partial charge in [0, 0.05) is 6.42 Å². The predicted molar refractivity (Wildman–Crippen MR) is 44.9 cm³/mol. The molecule has 0 aromatic heterocycles. The van der Waals surface area contributed by atoms with Gasteiger partial charge in [0.25, 0.3) is 0 Å². The highest BCUT2D eigenvalue weighted by atomic mass is 16.7. The second kappa shape index (κ2) is 4.14. The number of cyclic esters (lactones) is 2. The van der Waals surface area contributed by atoms with Crippen LogP contribution in [0.5, 0.6) is 0 Å². The summed E-state index contributed by atoms with van der Waals surface area (Å²) < 4.78 is 9.76. The Morgan fingerprint density at radius 3 is 3.00 bits per heavy atom. The maximum absolute atomic E-state index is 10.8. The van der Waals surface area contributed by atoms with Crippen LogP contribution in [0, 0.1) is 0 Å². The minimum atomic E-state index is -0.539. The first-order valence-electron chi connectivity index (χ1n) is 4.20. The van der Waals surface area contributed by atoms with Crippen molar-refractivity contribution in [1.82, 2.24) is 0 Å². The fourth-order valence-corrected chi connectivity index (χ4v) is 1.28. The van der Waals surface area contributed by atoms with Gasteiger partial charge in [0.1, 0.15) is 12.2 Å². The van der Waals surface area contributed by atoms with Crippen molar-refractivity contribution in [3.05, 3.63) is 12.7 Å². The first-order valence-corrected chi connectivity index (χ1v) is 4.20. The highest BCUT2D eigenvalue weighted by molar-refractivity contribution is 5.61. The SMILES string of the molecule is C=CCCC1CC(C)OC(=O)O1. The second-order valence-corrected chi connectivity index (χ2v) is 3.02. The van der Waals surface area contributed by atoms with Gasteiger partial charge in [0.05, 0.1) is 0 Å². The molecule has 0 aliphatic carbocycles. The van der Waals surface area contributed by atoms with Crippen LogP contribution in [0.1, 0.15) is 26.2 Å². The van der Waals surface area contributed by atoms with E-state index < -0.39 is 6.16 Å². The average molecular weight is 170 g/mol. The molecule has 2 atom stereocenters. The molecule has 1 fully saturated rings. The van der Waals surface area contributed by atoms with E-state index in [0.717, 1.165) is 19.3 Å². The molecule has 0 aromatic carbocycles. The number of carbonyl (C=O) groups is 1. The third kappa shape index (κ3) is 2.57. The Hall–Kier alpha value is -0.990. The largest absolute Gasteiger partial charge is 0.508 e. The fraction of sp³-hybridized carbons (Fsp3) is 0.667. The summed E-state index contributed by atoms with van der Waals surface area (Å²) in [6.07, 6.45) is 3.81. The monoisotopic (exact) mass is 170 g/mol. The number of hydrogen-bond acceptors (Lipinski definition) is 3. The third-order valence-corrected chi connectivity index (χ3v) is 1.85. The Balaban J connectivity index is 2.33. The van der Waals surface area contributed by atoms with Gasteiger partial charge in [-0.15, -0.1) is 6.58 Å². The molecule has 68 valence electrons.